The summed E-state index contributed by atoms with van der Waals surface area (Å²) < 4.78 is 5.45. The second-order valence-electron chi connectivity index (χ2n) is 2.66. The molecule has 1 rings (SSSR count). The van der Waals surface area contributed by atoms with E-state index in [0.717, 1.165) is 12.4 Å². The first kappa shape index (κ1) is 7.90. The third-order valence-corrected chi connectivity index (χ3v) is 2.47. The topological polar surface area (TPSA) is 9.23 Å². The van der Waals surface area contributed by atoms with Crippen molar-refractivity contribution >= 4 is 14.5 Å². The zero-order valence-electron chi connectivity index (χ0n) is 6.33. The van der Waals surface area contributed by atoms with Crippen molar-refractivity contribution in [1.82, 2.24) is 0 Å². The fourth-order valence-corrected chi connectivity index (χ4v) is 1.80. The molecule has 0 bridgehead atoms. The van der Waals surface area contributed by atoms with Crippen LogP contribution in [0.25, 0.3) is 0 Å². The first-order chi connectivity index (χ1) is 4.79. The summed E-state index contributed by atoms with van der Waals surface area (Å²) in [6.45, 7) is 5.15. The van der Waals surface area contributed by atoms with E-state index in [1.807, 2.05) is 0 Å². The molecule has 1 heterocycles. The van der Waals surface area contributed by atoms with Crippen LogP contribution in [-0.2, 0) is 0 Å². The minimum atomic E-state index is 0.562. The van der Waals surface area contributed by atoms with Crippen molar-refractivity contribution in [3.8, 4) is 5.75 Å². The summed E-state index contributed by atoms with van der Waals surface area (Å²) in [5, 5.41) is 0. The van der Waals surface area contributed by atoms with Crippen LogP contribution >= 0.6 is 0 Å². The molecule has 0 unspecified atom stereocenters. The summed E-state index contributed by atoms with van der Waals surface area (Å²) in [6.07, 6.45) is 0. The molecular weight excluding hydrogens is 191 g/mol. The van der Waals surface area contributed by atoms with Crippen molar-refractivity contribution in [3.05, 3.63) is 15.9 Å². The summed E-state index contributed by atoms with van der Waals surface area (Å²) >= 11 is 0.562. The fourth-order valence-electron chi connectivity index (χ4n) is 0.597. The summed E-state index contributed by atoms with van der Waals surface area (Å²) in [5.74, 6) is 1.69. The van der Waals surface area contributed by atoms with E-state index in [1.165, 1.54) is 0 Å². The average molecular weight is 203 g/mol. The van der Waals surface area contributed by atoms with Gasteiger partial charge in [-0.15, -0.1) is 0 Å². The third kappa shape index (κ3) is 2.59. The summed E-state index contributed by atoms with van der Waals surface area (Å²) in [5.41, 5.74) is 0. The van der Waals surface area contributed by atoms with Gasteiger partial charge in [0.25, 0.3) is 0 Å². The van der Waals surface area contributed by atoms with Gasteiger partial charge in [0.2, 0.25) is 0 Å². The fraction of sp³-hybridized carbons (Fsp3) is 0.500. The quantitative estimate of drug-likeness (QED) is 0.680. The van der Waals surface area contributed by atoms with E-state index >= 15 is 0 Å². The van der Waals surface area contributed by atoms with Gasteiger partial charge in [0.1, 0.15) is 0 Å². The molecule has 0 aliphatic heterocycles. The van der Waals surface area contributed by atoms with Crippen LogP contribution in [0.1, 0.15) is 13.8 Å². The maximum atomic E-state index is 5.45. The molecule has 0 atom stereocenters. The Kier molecular flexibility index (Phi) is 3.04. The van der Waals surface area contributed by atoms with Crippen LogP contribution < -0.4 is 4.74 Å². The Morgan fingerprint density at radius 2 is 2.40 bits per heavy atom. The second-order valence-corrected chi connectivity index (χ2v) is 4.30. The van der Waals surface area contributed by atoms with Crippen LogP contribution in [0, 0.1) is 5.92 Å². The van der Waals surface area contributed by atoms with E-state index in [0.29, 0.717) is 20.4 Å². The van der Waals surface area contributed by atoms with Gasteiger partial charge < -0.3 is 0 Å². The van der Waals surface area contributed by atoms with Crippen molar-refractivity contribution in [1.29, 1.82) is 0 Å². The van der Waals surface area contributed by atoms with E-state index < -0.39 is 0 Å². The molecule has 0 aliphatic carbocycles. The average Bonchev–Trinajstić information content (AvgIpc) is 2.34. The molecule has 0 radical (unpaired) electrons. The molecule has 0 saturated carbocycles. The maximum absolute atomic E-state index is 5.45. The molecule has 10 heavy (non-hydrogen) atoms. The summed E-state index contributed by atoms with van der Waals surface area (Å²) in [4.78, 5) is 4.33. The number of hydrogen-bond donors (Lipinski definition) is 0. The Bertz CT molecular complexity index is 167. The zero-order chi connectivity index (χ0) is 7.40. The van der Waals surface area contributed by atoms with Crippen molar-refractivity contribution < 1.29 is 4.74 Å². The Balaban J connectivity index is 2.28. The Hall–Kier alpha value is -0.201. The number of rotatable bonds is 3. The summed E-state index contributed by atoms with van der Waals surface area (Å²) in [7, 11) is 0. The van der Waals surface area contributed by atoms with E-state index in [4.69, 9.17) is 4.74 Å². The molecule has 0 saturated heterocycles. The predicted molar refractivity (Wildman–Crippen MR) is 43.7 cm³/mol. The van der Waals surface area contributed by atoms with Gasteiger partial charge in [-0.1, -0.05) is 0 Å². The van der Waals surface area contributed by atoms with Gasteiger partial charge in [0.15, 0.2) is 0 Å². The monoisotopic (exact) mass is 204 g/mol. The molecule has 1 aromatic rings. The standard InChI is InChI=1S/C8H12OSe/c1-7(2)5-9-8-3-4-10-6-8/h3-4,6-7H,5H2,1-2H3. The van der Waals surface area contributed by atoms with Crippen molar-refractivity contribution in [2.75, 3.05) is 6.61 Å². The van der Waals surface area contributed by atoms with Crippen molar-refractivity contribution in [3.63, 3.8) is 0 Å². The Labute approximate surface area is 67.8 Å². The molecule has 0 aromatic carbocycles. The molecule has 2 heteroatoms. The van der Waals surface area contributed by atoms with Crippen molar-refractivity contribution in [2.45, 2.75) is 13.8 Å². The van der Waals surface area contributed by atoms with E-state index in [9.17, 15) is 0 Å². The SMILES string of the molecule is CC(C)COc1cc[se]c1. The van der Waals surface area contributed by atoms with E-state index in [1.54, 1.807) is 0 Å². The number of hydrogen-bond acceptors (Lipinski definition) is 1. The first-order valence-electron chi connectivity index (χ1n) is 3.44. The van der Waals surface area contributed by atoms with E-state index in [2.05, 4.69) is 29.8 Å². The Morgan fingerprint density at radius 1 is 1.60 bits per heavy atom. The van der Waals surface area contributed by atoms with Crippen LogP contribution in [0.5, 0.6) is 5.75 Å². The molecule has 0 amide bonds. The van der Waals surface area contributed by atoms with Crippen molar-refractivity contribution in [2.24, 2.45) is 5.92 Å². The first-order valence-corrected chi connectivity index (χ1v) is 5.42. The Morgan fingerprint density at radius 3 is 2.90 bits per heavy atom. The van der Waals surface area contributed by atoms with Gasteiger partial charge in [-0.25, -0.2) is 0 Å². The predicted octanol–water partition coefficient (Wildman–Crippen LogP) is 1.78. The second kappa shape index (κ2) is 3.84. The third-order valence-electron chi connectivity index (χ3n) is 1.08. The van der Waals surface area contributed by atoms with Crippen LogP contribution in [0.4, 0.5) is 0 Å². The van der Waals surface area contributed by atoms with Crippen LogP contribution in [0.3, 0.4) is 0 Å². The van der Waals surface area contributed by atoms with Gasteiger partial charge in [-0.3, -0.25) is 0 Å². The zero-order valence-corrected chi connectivity index (χ0v) is 8.05. The van der Waals surface area contributed by atoms with Gasteiger partial charge in [-0.05, 0) is 0 Å². The molecule has 0 N–H and O–H groups in total. The van der Waals surface area contributed by atoms with Gasteiger partial charge in [0, 0.05) is 0 Å². The molecule has 0 fully saturated rings. The number of ether oxygens (including phenoxy) is 1. The molecule has 56 valence electrons. The normalized spacial score (nSPS) is 10.3. The summed E-state index contributed by atoms with van der Waals surface area (Å²) in [6, 6.07) is 2.06. The van der Waals surface area contributed by atoms with E-state index in [-0.39, 0.29) is 0 Å². The molecule has 0 aliphatic rings. The van der Waals surface area contributed by atoms with Gasteiger partial charge in [-0.2, -0.15) is 0 Å². The van der Waals surface area contributed by atoms with Crippen LogP contribution in [0.15, 0.2) is 15.9 Å². The molecule has 0 spiro atoms. The van der Waals surface area contributed by atoms with Crippen LogP contribution in [-0.4, -0.2) is 21.1 Å². The van der Waals surface area contributed by atoms with Crippen LogP contribution in [0.2, 0.25) is 0 Å². The molecular formula is C8H12OSe. The molecule has 1 aromatic heterocycles. The minimum absolute atomic E-state index is 0.562. The van der Waals surface area contributed by atoms with Gasteiger partial charge in [0.05, 0.1) is 0 Å². The van der Waals surface area contributed by atoms with Gasteiger partial charge >= 0.3 is 67.3 Å². The molecule has 1 nitrogen and oxygen atoms in total.